The lowest BCUT2D eigenvalue weighted by atomic mass is 10.1. The molecule has 0 radical (unpaired) electrons. The van der Waals surface area contributed by atoms with E-state index in [0.29, 0.717) is 24.4 Å². The quantitative estimate of drug-likeness (QED) is 0.465. The number of fused-ring (bicyclic) bond motifs is 1. The molecule has 33 heavy (non-hydrogen) atoms. The summed E-state index contributed by atoms with van der Waals surface area (Å²) in [4.78, 5) is 11.8. The fourth-order valence-corrected chi connectivity index (χ4v) is 4.17. The Labute approximate surface area is 193 Å². The van der Waals surface area contributed by atoms with Gasteiger partial charge in [-0.1, -0.05) is 32.0 Å². The lowest BCUT2D eigenvalue weighted by Gasteiger charge is -2.28. The van der Waals surface area contributed by atoms with Crippen LogP contribution in [-0.4, -0.2) is 60.5 Å². The molecule has 1 aliphatic heterocycles. The van der Waals surface area contributed by atoms with Crippen LogP contribution in [-0.2, 0) is 6.54 Å². The van der Waals surface area contributed by atoms with Crippen LogP contribution in [0.3, 0.4) is 0 Å². The molecular weight excluding hydrogens is 416 g/mol. The number of para-hydroxylation sites is 1. The van der Waals surface area contributed by atoms with E-state index in [1.165, 1.54) is 0 Å². The van der Waals surface area contributed by atoms with Crippen LogP contribution in [0.25, 0.3) is 11.3 Å². The van der Waals surface area contributed by atoms with Gasteiger partial charge in [0.15, 0.2) is 5.65 Å². The van der Waals surface area contributed by atoms with E-state index in [1.54, 1.807) is 10.7 Å². The molecule has 5 rings (SSSR count). The average Bonchev–Trinajstić information content (AvgIpc) is 3.49. The SMILES string of the molecule is CC(C)c1cnn2c(NCc3ccccc3-n3cccn3)nc(OC3CCN(C)CC3)nc12. The smallest absolute Gasteiger partial charge is 0.322 e. The number of aromatic nitrogens is 6. The lowest BCUT2D eigenvalue weighted by molar-refractivity contribution is 0.105. The van der Waals surface area contributed by atoms with Crippen molar-refractivity contribution in [2.45, 2.75) is 45.3 Å². The van der Waals surface area contributed by atoms with Crippen molar-refractivity contribution in [2.75, 3.05) is 25.5 Å². The summed E-state index contributed by atoms with van der Waals surface area (Å²) in [6.45, 7) is 6.89. The molecule has 0 unspecified atom stereocenters. The monoisotopic (exact) mass is 446 g/mol. The van der Waals surface area contributed by atoms with E-state index in [2.05, 4.69) is 53.4 Å². The number of anilines is 1. The Morgan fingerprint density at radius 3 is 2.67 bits per heavy atom. The van der Waals surface area contributed by atoms with Gasteiger partial charge in [-0.15, -0.1) is 0 Å². The molecule has 0 bridgehead atoms. The summed E-state index contributed by atoms with van der Waals surface area (Å²) in [5, 5.41) is 12.4. The van der Waals surface area contributed by atoms with Gasteiger partial charge in [0.2, 0.25) is 5.95 Å². The van der Waals surface area contributed by atoms with Gasteiger partial charge in [-0.2, -0.15) is 24.7 Å². The zero-order valence-electron chi connectivity index (χ0n) is 19.3. The minimum absolute atomic E-state index is 0.127. The van der Waals surface area contributed by atoms with Gasteiger partial charge in [0.1, 0.15) is 6.10 Å². The maximum Gasteiger partial charge on any atom is 0.322 e. The molecule has 1 aromatic carbocycles. The molecule has 0 saturated carbocycles. The first-order valence-corrected chi connectivity index (χ1v) is 11.5. The molecule has 1 saturated heterocycles. The number of likely N-dealkylation sites (tertiary alicyclic amines) is 1. The number of piperidine rings is 1. The van der Waals surface area contributed by atoms with E-state index in [4.69, 9.17) is 14.7 Å². The Kier molecular flexibility index (Phi) is 5.95. The fraction of sp³-hybridized carbons (Fsp3) is 0.417. The van der Waals surface area contributed by atoms with Gasteiger partial charge in [-0.3, -0.25) is 0 Å². The Balaban J connectivity index is 1.45. The van der Waals surface area contributed by atoms with Crippen molar-refractivity contribution < 1.29 is 4.74 Å². The van der Waals surface area contributed by atoms with E-state index in [1.807, 2.05) is 35.3 Å². The Morgan fingerprint density at radius 1 is 1.09 bits per heavy atom. The second kappa shape index (κ2) is 9.19. The van der Waals surface area contributed by atoms with E-state index in [-0.39, 0.29) is 6.10 Å². The van der Waals surface area contributed by atoms with Crippen molar-refractivity contribution in [2.24, 2.45) is 0 Å². The molecule has 0 atom stereocenters. The highest BCUT2D eigenvalue weighted by atomic mass is 16.5. The van der Waals surface area contributed by atoms with E-state index >= 15 is 0 Å². The summed E-state index contributed by atoms with van der Waals surface area (Å²) in [7, 11) is 2.14. The predicted molar refractivity (Wildman–Crippen MR) is 127 cm³/mol. The molecule has 1 fully saturated rings. The summed E-state index contributed by atoms with van der Waals surface area (Å²) < 4.78 is 9.89. The molecule has 0 spiro atoms. The average molecular weight is 447 g/mol. The van der Waals surface area contributed by atoms with Gasteiger partial charge in [0, 0.05) is 37.6 Å². The first kappa shape index (κ1) is 21.4. The van der Waals surface area contributed by atoms with Crippen LogP contribution in [0.15, 0.2) is 48.9 Å². The van der Waals surface area contributed by atoms with Gasteiger partial charge in [-0.25, -0.2) is 4.68 Å². The molecule has 1 N–H and O–H groups in total. The maximum atomic E-state index is 6.25. The van der Waals surface area contributed by atoms with Crippen LogP contribution in [0.1, 0.15) is 43.7 Å². The largest absolute Gasteiger partial charge is 0.460 e. The van der Waals surface area contributed by atoms with Crippen LogP contribution < -0.4 is 10.1 Å². The molecule has 9 nitrogen and oxygen atoms in total. The van der Waals surface area contributed by atoms with Crippen molar-refractivity contribution in [3.05, 3.63) is 60.0 Å². The van der Waals surface area contributed by atoms with Crippen molar-refractivity contribution in [1.29, 1.82) is 0 Å². The van der Waals surface area contributed by atoms with Gasteiger partial charge < -0.3 is 15.0 Å². The maximum absolute atomic E-state index is 6.25. The third-order valence-corrected chi connectivity index (χ3v) is 6.11. The molecule has 4 aromatic rings. The van der Waals surface area contributed by atoms with Crippen molar-refractivity contribution in [3.63, 3.8) is 0 Å². The number of nitrogens with zero attached hydrogens (tertiary/aromatic N) is 7. The number of hydrogen-bond acceptors (Lipinski definition) is 7. The van der Waals surface area contributed by atoms with Crippen LogP contribution >= 0.6 is 0 Å². The molecule has 9 heteroatoms. The van der Waals surface area contributed by atoms with E-state index < -0.39 is 0 Å². The van der Waals surface area contributed by atoms with Gasteiger partial charge >= 0.3 is 6.01 Å². The Morgan fingerprint density at radius 2 is 1.91 bits per heavy atom. The van der Waals surface area contributed by atoms with Crippen molar-refractivity contribution in [3.8, 4) is 11.7 Å². The van der Waals surface area contributed by atoms with Crippen LogP contribution in [0.5, 0.6) is 6.01 Å². The van der Waals surface area contributed by atoms with Crippen LogP contribution in [0.2, 0.25) is 0 Å². The number of hydrogen-bond donors (Lipinski definition) is 1. The minimum atomic E-state index is 0.127. The molecule has 3 aromatic heterocycles. The topological polar surface area (TPSA) is 85.4 Å². The van der Waals surface area contributed by atoms with Crippen LogP contribution in [0, 0.1) is 0 Å². The minimum Gasteiger partial charge on any atom is -0.460 e. The third kappa shape index (κ3) is 4.54. The van der Waals surface area contributed by atoms with Crippen LogP contribution in [0.4, 0.5) is 5.95 Å². The zero-order chi connectivity index (χ0) is 22.8. The highest BCUT2D eigenvalue weighted by Crippen LogP contribution is 2.25. The Hall–Kier alpha value is -3.46. The number of nitrogens with one attached hydrogen (secondary N) is 1. The second-order valence-corrected chi connectivity index (χ2v) is 8.87. The highest BCUT2D eigenvalue weighted by Gasteiger charge is 2.22. The van der Waals surface area contributed by atoms with Gasteiger partial charge in [0.25, 0.3) is 0 Å². The molecule has 4 heterocycles. The van der Waals surface area contributed by atoms with Gasteiger partial charge in [-0.05, 0) is 43.5 Å². The summed E-state index contributed by atoms with van der Waals surface area (Å²) in [5.41, 5.74) is 3.98. The molecule has 1 aliphatic rings. The standard InChI is InChI=1S/C24H30N8O/c1-17(2)20-16-27-32-22(20)28-24(33-19-9-13-30(3)14-10-19)29-23(32)25-15-18-7-4-5-8-21(18)31-12-6-11-26-31/h4-8,11-12,16-17,19H,9-10,13-15H2,1-3H3,(H,25,28,29). The van der Waals surface area contributed by atoms with Crippen molar-refractivity contribution >= 4 is 11.6 Å². The van der Waals surface area contributed by atoms with E-state index in [9.17, 15) is 0 Å². The summed E-state index contributed by atoms with van der Waals surface area (Å²) in [6.07, 6.45) is 7.67. The number of ether oxygens (including phenoxy) is 1. The second-order valence-electron chi connectivity index (χ2n) is 8.87. The molecule has 172 valence electrons. The van der Waals surface area contributed by atoms with Crippen molar-refractivity contribution in [1.82, 2.24) is 34.3 Å². The molecular formula is C24H30N8O. The fourth-order valence-electron chi connectivity index (χ4n) is 4.17. The van der Waals surface area contributed by atoms with Gasteiger partial charge in [0.05, 0.1) is 11.9 Å². The lowest BCUT2D eigenvalue weighted by Crippen LogP contribution is -2.36. The number of benzene rings is 1. The first-order chi connectivity index (χ1) is 16.1. The molecule has 0 amide bonds. The van der Waals surface area contributed by atoms with E-state index in [0.717, 1.165) is 48.4 Å². The summed E-state index contributed by atoms with van der Waals surface area (Å²) in [6, 6.07) is 10.5. The first-order valence-electron chi connectivity index (χ1n) is 11.5. The summed E-state index contributed by atoms with van der Waals surface area (Å²) >= 11 is 0. The number of rotatable bonds is 7. The third-order valence-electron chi connectivity index (χ3n) is 6.11. The molecule has 0 aliphatic carbocycles. The predicted octanol–water partition coefficient (Wildman–Crippen LogP) is 3.52. The summed E-state index contributed by atoms with van der Waals surface area (Å²) in [5.74, 6) is 0.909. The zero-order valence-corrected chi connectivity index (χ0v) is 19.3. The Bertz CT molecular complexity index is 1210. The highest BCUT2D eigenvalue weighted by molar-refractivity contribution is 5.53. The normalized spacial score (nSPS) is 15.4.